The van der Waals surface area contributed by atoms with E-state index in [2.05, 4.69) is 20.6 Å². The zero-order valence-corrected chi connectivity index (χ0v) is 12.3. The highest BCUT2D eigenvalue weighted by Gasteiger charge is 2.28. The van der Waals surface area contributed by atoms with Crippen molar-refractivity contribution in [3.63, 3.8) is 0 Å². The van der Waals surface area contributed by atoms with Crippen LogP contribution in [0.5, 0.6) is 0 Å². The highest BCUT2D eigenvalue weighted by atomic mass is 16.2. The molecule has 0 aliphatic carbocycles. The number of amides is 1. The van der Waals surface area contributed by atoms with Crippen molar-refractivity contribution < 1.29 is 4.79 Å². The quantitative estimate of drug-likeness (QED) is 0.788. The van der Waals surface area contributed by atoms with Gasteiger partial charge in [-0.05, 0) is 24.3 Å². The lowest BCUT2D eigenvalue weighted by Crippen LogP contribution is -2.27. The average molecular weight is 298 g/mol. The number of rotatable bonds is 4. The molecule has 4 N–H and O–H groups in total. The maximum Gasteiger partial charge on any atom is 0.229 e. The first-order valence-electron chi connectivity index (χ1n) is 7.09. The average Bonchev–Trinajstić information content (AvgIpc) is 2.86. The van der Waals surface area contributed by atoms with Gasteiger partial charge in [0.05, 0.1) is 0 Å². The summed E-state index contributed by atoms with van der Waals surface area (Å²) in [4.78, 5) is 22.1. The Morgan fingerprint density at radius 3 is 2.95 bits per heavy atom. The molecule has 7 nitrogen and oxygen atoms in total. The van der Waals surface area contributed by atoms with E-state index >= 15 is 0 Å². The van der Waals surface area contributed by atoms with Gasteiger partial charge in [-0.3, -0.25) is 4.79 Å². The maximum atomic E-state index is 11.9. The molecule has 1 aromatic heterocycles. The Labute approximate surface area is 128 Å². The second-order valence-corrected chi connectivity index (χ2v) is 5.16. The van der Waals surface area contributed by atoms with E-state index in [0.29, 0.717) is 18.9 Å². The lowest BCUT2D eigenvalue weighted by molar-refractivity contribution is -0.117. The third kappa shape index (κ3) is 2.99. The smallest absolute Gasteiger partial charge is 0.229 e. The Kier molecular flexibility index (Phi) is 3.88. The van der Waals surface area contributed by atoms with Crippen LogP contribution in [0.4, 0.5) is 23.1 Å². The first-order chi connectivity index (χ1) is 10.7. The van der Waals surface area contributed by atoms with Crippen LogP contribution in [0.15, 0.2) is 36.5 Å². The normalized spacial score (nSPS) is 17.6. The minimum Gasteiger partial charge on any atom is -0.373 e. The lowest BCUT2D eigenvalue weighted by Gasteiger charge is -2.17. The van der Waals surface area contributed by atoms with Crippen molar-refractivity contribution in [3.8, 4) is 0 Å². The molecule has 1 aliphatic rings. The van der Waals surface area contributed by atoms with E-state index in [9.17, 15) is 4.79 Å². The Hall–Kier alpha value is -2.67. The van der Waals surface area contributed by atoms with E-state index in [1.165, 1.54) is 0 Å². The van der Waals surface area contributed by atoms with Crippen LogP contribution in [0.2, 0.25) is 0 Å². The molecule has 2 heterocycles. The molecule has 1 saturated heterocycles. The fourth-order valence-electron chi connectivity index (χ4n) is 2.42. The molecular weight excluding hydrogens is 280 g/mol. The summed E-state index contributed by atoms with van der Waals surface area (Å²) in [6, 6.07) is 9.26. The molecule has 3 rings (SSSR count). The molecule has 1 atom stereocenters. The minimum atomic E-state index is -0.0974. The van der Waals surface area contributed by atoms with Gasteiger partial charge in [0.15, 0.2) is 0 Å². The van der Waals surface area contributed by atoms with Crippen LogP contribution in [0.25, 0.3) is 0 Å². The largest absolute Gasteiger partial charge is 0.373 e. The molecule has 0 spiro atoms. The summed E-state index contributed by atoms with van der Waals surface area (Å²) in [5, 5.41) is 6.10. The Bertz CT molecular complexity index is 689. The Morgan fingerprint density at radius 1 is 1.36 bits per heavy atom. The third-order valence-electron chi connectivity index (χ3n) is 3.48. The molecule has 1 fully saturated rings. The molecule has 1 aliphatic heterocycles. The van der Waals surface area contributed by atoms with Crippen LogP contribution >= 0.6 is 0 Å². The van der Waals surface area contributed by atoms with Crippen LogP contribution in [0, 0.1) is 0 Å². The summed E-state index contributed by atoms with van der Waals surface area (Å²) in [6.07, 6.45) is 2.07. The van der Waals surface area contributed by atoms with Crippen LogP contribution in [0.1, 0.15) is 6.42 Å². The van der Waals surface area contributed by atoms with Crippen molar-refractivity contribution in [2.24, 2.45) is 5.73 Å². The number of nitrogens with two attached hydrogens (primary N) is 1. The molecular formula is C15H18N6O. The standard InChI is InChI=1S/C15H18N6O/c1-17-13-5-6-18-15(20-13)19-11-3-2-4-12(8-11)21-9-10(16)7-14(21)22/h2-6,8,10H,7,9,16H2,1H3,(H2,17,18,19,20). The fraction of sp³-hybridized carbons (Fsp3) is 0.267. The predicted molar refractivity (Wildman–Crippen MR) is 86.2 cm³/mol. The first-order valence-corrected chi connectivity index (χ1v) is 7.09. The Morgan fingerprint density at radius 2 is 2.23 bits per heavy atom. The highest BCUT2D eigenvalue weighted by Crippen LogP contribution is 2.25. The molecule has 0 saturated carbocycles. The van der Waals surface area contributed by atoms with Crippen LogP contribution in [-0.2, 0) is 4.79 Å². The van der Waals surface area contributed by atoms with Crippen LogP contribution in [0.3, 0.4) is 0 Å². The number of carbonyl (C=O) groups excluding carboxylic acids is 1. The van der Waals surface area contributed by atoms with Crippen molar-refractivity contribution in [2.45, 2.75) is 12.5 Å². The molecule has 114 valence electrons. The number of aromatic nitrogens is 2. The van der Waals surface area contributed by atoms with Gasteiger partial charge in [0.25, 0.3) is 0 Å². The summed E-state index contributed by atoms with van der Waals surface area (Å²) in [6.45, 7) is 0.550. The van der Waals surface area contributed by atoms with Crippen molar-refractivity contribution in [3.05, 3.63) is 36.5 Å². The van der Waals surface area contributed by atoms with E-state index in [1.54, 1.807) is 24.2 Å². The van der Waals surface area contributed by atoms with Crippen molar-refractivity contribution in [1.82, 2.24) is 9.97 Å². The zero-order chi connectivity index (χ0) is 15.5. The number of carbonyl (C=O) groups is 1. The molecule has 0 bridgehead atoms. The molecule has 0 radical (unpaired) electrons. The second kappa shape index (κ2) is 5.98. The van der Waals surface area contributed by atoms with Gasteiger partial charge in [-0.1, -0.05) is 6.07 Å². The van der Waals surface area contributed by atoms with Crippen LogP contribution in [-0.4, -0.2) is 35.5 Å². The molecule has 2 aromatic rings. The number of hydrogen-bond acceptors (Lipinski definition) is 6. The summed E-state index contributed by atoms with van der Waals surface area (Å²) < 4.78 is 0. The fourth-order valence-corrected chi connectivity index (χ4v) is 2.42. The molecule has 22 heavy (non-hydrogen) atoms. The van der Waals surface area contributed by atoms with E-state index in [4.69, 9.17) is 5.73 Å². The zero-order valence-electron chi connectivity index (χ0n) is 12.3. The lowest BCUT2D eigenvalue weighted by atomic mass is 10.2. The molecule has 1 aromatic carbocycles. The van der Waals surface area contributed by atoms with Gasteiger partial charge < -0.3 is 21.3 Å². The number of nitrogens with zero attached hydrogens (tertiary/aromatic N) is 3. The Balaban J connectivity index is 1.80. The van der Waals surface area contributed by atoms with E-state index in [1.807, 2.05) is 24.3 Å². The van der Waals surface area contributed by atoms with E-state index < -0.39 is 0 Å². The molecule has 1 unspecified atom stereocenters. The van der Waals surface area contributed by atoms with Gasteiger partial charge in [-0.2, -0.15) is 4.98 Å². The SMILES string of the molecule is CNc1ccnc(Nc2cccc(N3CC(N)CC3=O)c2)n1. The topological polar surface area (TPSA) is 96.2 Å². The number of benzene rings is 1. The van der Waals surface area contributed by atoms with Gasteiger partial charge >= 0.3 is 0 Å². The summed E-state index contributed by atoms with van der Waals surface area (Å²) >= 11 is 0. The second-order valence-electron chi connectivity index (χ2n) is 5.16. The number of hydrogen-bond donors (Lipinski definition) is 3. The van der Waals surface area contributed by atoms with Gasteiger partial charge in [0.1, 0.15) is 5.82 Å². The first kappa shape index (κ1) is 14.3. The number of anilines is 4. The van der Waals surface area contributed by atoms with Gasteiger partial charge in [-0.15, -0.1) is 0 Å². The molecule has 1 amide bonds. The number of nitrogens with one attached hydrogen (secondary N) is 2. The van der Waals surface area contributed by atoms with Crippen molar-refractivity contribution >= 4 is 29.0 Å². The third-order valence-corrected chi connectivity index (χ3v) is 3.48. The minimum absolute atomic E-state index is 0.0538. The monoisotopic (exact) mass is 298 g/mol. The van der Waals surface area contributed by atoms with Gasteiger partial charge in [0.2, 0.25) is 11.9 Å². The van der Waals surface area contributed by atoms with Gasteiger partial charge in [0, 0.05) is 43.6 Å². The molecule has 7 heteroatoms. The maximum absolute atomic E-state index is 11.9. The van der Waals surface area contributed by atoms with Crippen molar-refractivity contribution in [2.75, 3.05) is 29.1 Å². The van der Waals surface area contributed by atoms with Crippen LogP contribution < -0.4 is 21.3 Å². The van der Waals surface area contributed by atoms with Crippen molar-refractivity contribution in [1.29, 1.82) is 0 Å². The van der Waals surface area contributed by atoms with E-state index in [-0.39, 0.29) is 11.9 Å². The summed E-state index contributed by atoms with van der Waals surface area (Å²) in [5.74, 6) is 1.28. The predicted octanol–water partition coefficient (Wildman–Crippen LogP) is 1.33. The summed E-state index contributed by atoms with van der Waals surface area (Å²) in [5.41, 5.74) is 7.49. The van der Waals surface area contributed by atoms with E-state index in [0.717, 1.165) is 17.2 Å². The summed E-state index contributed by atoms with van der Waals surface area (Å²) in [7, 11) is 1.80. The van der Waals surface area contributed by atoms with Gasteiger partial charge in [-0.25, -0.2) is 4.98 Å². The highest BCUT2D eigenvalue weighted by molar-refractivity contribution is 5.96.